The number of hydrogen-bond acceptors (Lipinski definition) is 1. The molecule has 68 valence electrons. The van der Waals surface area contributed by atoms with E-state index in [0.717, 1.165) is 27.4 Å². The number of aromatic amines is 1. The molecule has 3 heteroatoms. The number of nitrogens with zero attached hydrogens (tertiary/aromatic N) is 1. The summed E-state index contributed by atoms with van der Waals surface area (Å²) in [6.45, 7) is 6.02. The lowest BCUT2D eigenvalue weighted by atomic mass is 10.2. The number of hydrogen-bond donors (Lipinski definition) is 1. The number of nitrogens with one attached hydrogen (secondary N) is 1. The molecule has 0 spiro atoms. The van der Waals surface area contributed by atoms with E-state index in [4.69, 9.17) is 11.6 Å². The Balaban J connectivity index is 2.94. The molecule has 0 saturated carbocycles. The maximum absolute atomic E-state index is 6.12. The number of aryl methyl sites for hydroxylation is 3. The molecule has 2 aromatic heterocycles. The molecule has 0 atom stereocenters. The molecule has 0 fully saturated rings. The zero-order valence-electron chi connectivity index (χ0n) is 7.90. The summed E-state index contributed by atoms with van der Waals surface area (Å²) in [5.74, 6) is 0. The normalized spacial score (nSPS) is 11.1. The fourth-order valence-electron chi connectivity index (χ4n) is 1.54. The molecular formula is C10H11ClN2. The average Bonchev–Trinajstić information content (AvgIpc) is 2.27. The maximum atomic E-state index is 6.12. The third-order valence-corrected chi connectivity index (χ3v) is 2.64. The Morgan fingerprint density at radius 1 is 1.31 bits per heavy atom. The third kappa shape index (κ3) is 1.22. The average molecular weight is 195 g/mol. The number of fused-ring (bicyclic) bond motifs is 1. The second kappa shape index (κ2) is 2.74. The van der Waals surface area contributed by atoms with Gasteiger partial charge < -0.3 is 4.98 Å². The predicted molar refractivity (Wildman–Crippen MR) is 55.3 cm³/mol. The standard InChI is InChI=1S/C10H11ClN2/c1-5-4-8(11)9-6(2)7(3)13-10(9)12-5/h4H,1-3H3,(H,12,13). The van der Waals surface area contributed by atoms with Gasteiger partial charge >= 0.3 is 0 Å². The quantitative estimate of drug-likeness (QED) is 0.686. The minimum atomic E-state index is 0.782. The summed E-state index contributed by atoms with van der Waals surface area (Å²) < 4.78 is 0. The number of pyridine rings is 1. The Morgan fingerprint density at radius 3 is 2.69 bits per heavy atom. The first-order chi connectivity index (χ1) is 6.09. The van der Waals surface area contributed by atoms with E-state index in [0.29, 0.717) is 0 Å². The highest BCUT2D eigenvalue weighted by atomic mass is 35.5. The van der Waals surface area contributed by atoms with E-state index in [1.54, 1.807) is 0 Å². The van der Waals surface area contributed by atoms with Crippen LogP contribution in [-0.2, 0) is 0 Å². The van der Waals surface area contributed by atoms with Crippen molar-refractivity contribution in [1.29, 1.82) is 0 Å². The van der Waals surface area contributed by atoms with Crippen LogP contribution >= 0.6 is 11.6 Å². The fourth-order valence-corrected chi connectivity index (χ4v) is 1.93. The van der Waals surface area contributed by atoms with Gasteiger partial charge in [0, 0.05) is 16.8 Å². The first-order valence-corrected chi connectivity index (χ1v) is 4.59. The van der Waals surface area contributed by atoms with Gasteiger partial charge in [-0.1, -0.05) is 11.6 Å². The van der Waals surface area contributed by atoms with Gasteiger partial charge in [0.25, 0.3) is 0 Å². The molecule has 0 bridgehead atoms. The Hall–Kier alpha value is -1.02. The lowest BCUT2D eigenvalue weighted by Crippen LogP contribution is -1.82. The van der Waals surface area contributed by atoms with E-state index < -0.39 is 0 Å². The van der Waals surface area contributed by atoms with Gasteiger partial charge in [-0.2, -0.15) is 0 Å². The van der Waals surface area contributed by atoms with Crippen LogP contribution in [0.1, 0.15) is 17.0 Å². The third-order valence-electron chi connectivity index (χ3n) is 2.34. The van der Waals surface area contributed by atoms with Gasteiger partial charge in [-0.15, -0.1) is 0 Å². The predicted octanol–water partition coefficient (Wildman–Crippen LogP) is 3.14. The van der Waals surface area contributed by atoms with Crippen LogP contribution in [0.3, 0.4) is 0 Å². The molecule has 2 rings (SSSR count). The van der Waals surface area contributed by atoms with Crippen molar-refractivity contribution in [1.82, 2.24) is 9.97 Å². The number of H-pyrrole nitrogens is 1. The van der Waals surface area contributed by atoms with Crippen LogP contribution < -0.4 is 0 Å². The van der Waals surface area contributed by atoms with Crippen molar-refractivity contribution >= 4 is 22.6 Å². The molecule has 13 heavy (non-hydrogen) atoms. The van der Waals surface area contributed by atoms with Crippen LogP contribution in [0.2, 0.25) is 5.02 Å². The monoisotopic (exact) mass is 194 g/mol. The Kier molecular flexibility index (Phi) is 1.81. The topological polar surface area (TPSA) is 28.7 Å². The molecular weight excluding hydrogens is 184 g/mol. The van der Waals surface area contributed by atoms with Crippen LogP contribution in [-0.4, -0.2) is 9.97 Å². The van der Waals surface area contributed by atoms with Gasteiger partial charge in [0.2, 0.25) is 0 Å². The van der Waals surface area contributed by atoms with Crippen molar-refractivity contribution in [3.63, 3.8) is 0 Å². The van der Waals surface area contributed by atoms with Crippen LogP contribution in [0, 0.1) is 20.8 Å². The van der Waals surface area contributed by atoms with Crippen molar-refractivity contribution in [2.24, 2.45) is 0 Å². The van der Waals surface area contributed by atoms with Crippen LogP contribution in [0.4, 0.5) is 0 Å². The van der Waals surface area contributed by atoms with E-state index in [-0.39, 0.29) is 0 Å². The summed E-state index contributed by atoms with van der Waals surface area (Å²) >= 11 is 6.12. The maximum Gasteiger partial charge on any atom is 0.139 e. The van der Waals surface area contributed by atoms with Crippen LogP contribution in [0.15, 0.2) is 6.07 Å². The molecule has 0 saturated heterocycles. The lowest BCUT2D eigenvalue weighted by Gasteiger charge is -1.97. The fraction of sp³-hybridized carbons (Fsp3) is 0.300. The van der Waals surface area contributed by atoms with Gasteiger partial charge in [-0.3, -0.25) is 0 Å². The molecule has 0 aromatic carbocycles. The molecule has 2 nitrogen and oxygen atoms in total. The first-order valence-electron chi connectivity index (χ1n) is 4.21. The number of rotatable bonds is 0. The molecule has 0 aliphatic heterocycles. The van der Waals surface area contributed by atoms with Gasteiger partial charge in [0.1, 0.15) is 5.65 Å². The van der Waals surface area contributed by atoms with Crippen molar-refractivity contribution in [2.45, 2.75) is 20.8 Å². The summed E-state index contributed by atoms with van der Waals surface area (Å²) in [7, 11) is 0. The summed E-state index contributed by atoms with van der Waals surface area (Å²) in [5, 5.41) is 1.83. The second-order valence-electron chi connectivity index (χ2n) is 3.34. The minimum Gasteiger partial charge on any atom is -0.343 e. The van der Waals surface area contributed by atoms with E-state index in [1.165, 1.54) is 5.56 Å². The van der Waals surface area contributed by atoms with Crippen molar-refractivity contribution < 1.29 is 0 Å². The molecule has 0 aliphatic rings. The molecule has 1 N–H and O–H groups in total. The Morgan fingerprint density at radius 2 is 2.00 bits per heavy atom. The number of aromatic nitrogens is 2. The lowest BCUT2D eigenvalue weighted by molar-refractivity contribution is 1.19. The molecule has 2 aromatic rings. The molecule has 0 aliphatic carbocycles. The largest absolute Gasteiger partial charge is 0.343 e. The summed E-state index contributed by atoms with van der Waals surface area (Å²) in [6.07, 6.45) is 0. The zero-order valence-corrected chi connectivity index (χ0v) is 8.66. The Labute approximate surface area is 81.9 Å². The van der Waals surface area contributed by atoms with Crippen molar-refractivity contribution in [2.75, 3.05) is 0 Å². The van der Waals surface area contributed by atoms with Gasteiger partial charge in [-0.05, 0) is 32.4 Å². The smallest absolute Gasteiger partial charge is 0.139 e. The first kappa shape index (κ1) is 8.57. The van der Waals surface area contributed by atoms with Crippen LogP contribution in [0.25, 0.3) is 11.0 Å². The zero-order chi connectivity index (χ0) is 9.59. The van der Waals surface area contributed by atoms with Crippen LogP contribution in [0.5, 0.6) is 0 Å². The number of halogens is 1. The summed E-state index contributed by atoms with van der Waals surface area (Å²) in [6, 6.07) is 1.89. The van der Waals surface area contributed by atoms with Crippen molar-refractivity contribution in [3.05, 3.63) is 28.0 Å². The molecule has 2 heterocycles. The van der Waals surface area contributed by atoms with Gasteiger partial charge in [0.05, 0.1) is 5.02 Å². The van der Waals surface area contributed by atoms with E-state index in [9.17, 15) is 0 Å². The SMILES string of the molecule is Cc1cc(Cl)c2c(C)c(C)[nH]c2n1. The highest BCUT2D eigenvalue weighted by molar-refractivity contribution is 6.35. The Bertz CT molecular complexity index is 471. The van der Waals surface area contributed by atoms with Gasteiger partial charge in [0.15, 0.2) is 0 Å². The van der Waals surface area contributed by atoms with Gasteiger partial charge in [-0.25, -0.2) is 4.98 Å². The highest BCUT2D eigenvalue weighted by Crippen LogP contribution is 2.27. The van der Waals surface area contributed by atoms with E-state index in [2.05, 4.69) is 16.9 Å². The van der Waals surface area contributed by atoms with E-state index >= 15 is 0 Å². The summed E-state index contributed by atoms with van der Waals surface area (Å²) in [4.78, 5) is 7.59. The van der Waals surface area contributed by atoms with E-state index in [1.807, 2.05) is 19.9 Å². The summed E-state index contributed by atoms with van der Waals surface area (Å²) in [5.41, 5.74) is 4.15. The van der Waals surface area contributed by atoms with Crippen molar-refractivity contribution in [3.8, 4) is 0 Å². The minimum absolute atomic E-state index is 0.782. The molecule has 0 unspecified atom stereocenters. The molecule has 0 amide bonds. The molecule has 0 radical (unpaired) electrons. The second-order valence-corrected chi connectivity index (χ2v) is 3.75. The highest BCUT2D eigenvalue weighted by Gasteiger charge is 2.09.